The Hall–Kier alpha value is -1.49. The second-order valence-corrected chi connectivity index (χ2v) is 10.4. The molecule has 0 radical (unpaired) electrons. The van der Waals surface area contributed by atoms with Crippen molar-refractivity contribution >= 4 is 15.9 Å². The van der Waals surface area contributed by atoms with Crippen LogP contribution in [0.1, 0.15) is 60.7 Å². The molecule has 1 saturated carbocycles. The second-order valence-electron chi connectivity index (χ2n) is 8.42. The number of carbonyl (C=O) groups excluding carboxylic acids is 1. The topological polar surface area (TPSA) is 117 Å². The summed E-state index contributed by atoms with van der Waals surface area (Å²) in [5.41, 5.74) is 0.321. The highest BCUT2D eigenvalue weighted by molar-refractivity contribution is 7.89. The van der Waals surface area contributed by atoms with Crippen molar-refractivity contribution in [3.8, 4) is 0 Å². The highest BCUT2D eigenvalue weighted by atomic mass is 32.2. The van der Waals surface area contributed by atoms with Crippen molar-refractivity contribution in [2.24, 2.45) is 0 Å². The van der Waals surface area contributed by atoms with E-state index < -0.39 is 10.0 Å². The standard InChI is InChI=1S/C19H31N5O4S/c1-20-6-7-21-8-9-29(26,27)24-15-4-5-16(24)11-14(10-15)22-19(25)17-12-18(28-23-17)13-2-3-13/h12-16,20-21H,2-11H2,1H3,(H,22,25)/t14-,15+,16-. The van der Waals surface area contributed by atoms with Crippen LogP contribution in [0.5, 0.6) is 0 Å². The third-order valence-corrected chi connectivity index (χ3v) is 8.11. The molecule has 2 saturated heterocycles. The normalized spacial score (nSPS) is 27.3. The second kappa shape index (κ2) is 8.71. The molecule has 1 amide bonds. The van der Waals surface area contributed by atoms with Crippen LogP contribution in [0.3, 0.4) is 0 Å². The zero-order valence-electron chi connectivity index (χ0n) is 16.9. The van der Waals surface area contributed by atoms with E-state index in [0.717, 1.165) is 44.5 Å². The molecule has 0 aromatic carbocycles. The smallest absolute Gasteiger partial charge is 0.273 e. The number of aromatic nitrogens is 1. The van der Waals surface area contributed by atoms with Crippen molar-refractivity contribution in [3.63, 3.8) is 0 Å². The molecule has 3 heterocycles. The molecule has 3 aliphatic rings. The summed E-state index contributed by atoms with van der Waals surface area (Å²) in [4.78, 5) is 12.5. The van der Waals surface area contributed by atoms with Crippen LogP contribution in [0.25, 0.3) is 0 Å². The summed E-state index contributed by atoms with van der Waals surface area (Å²) >= 11 is 0. The molecule has 9 nitrogen and oxygen atoms in total. The van der Waals surface area contributed by atoms with Gasteiger partial charge in [-0.05, 0) is 45.6 Å². The van der Waals surface area contributed by atoms with Gasteiger partial charge < -0.3 is 20.5 Å². The molecular formula is C19H31N5O4S. The number of hydrogen-bond acceptors (Lipinski definition) is 7. The largest absolute Gasteiger partial charge is 0.360 e. The fourth-order valence-corrected chi connectivity index (χ4v) is 6.47. The van der Waals surface area contributed by atoms with Gasteiger partial charge in [-0.2, -0.15) is 4.31 Å². The highest BCUT2D eigenvalue weighted by Gasteiger charge is 2.46. The number of sulfonamides is 1. The van der Waals surface area contributed by atoms with Gasteiger partial charge in [0.15, 0.2) is 5.69 Å². The summed E-state index contributed by atoms with van der Waals surface area (Å²) in [5, 5.41) is 13.1. The van der Waals surface area contributed by atoms with Crippen LogP contribution in [-0.4, -0.2) is 74.3 Å². The van der Waals surface area contributed by atoms with E-state index in [0.29, 0.717) is 31.0 Å². The Bertz CT molecular complexity index is 808. The molecule has 1 aromatic heterocycles. The molecular weight excluding hydrogens is 394 g/mol. The lowest BCUT2D eigenvalue weighted by molar-refractivity contribution is 0.0900. The van der Waals surface area contributed by atoms with E-state index in [1.54, 1.807) is 10.4 Å². The fraction of sp³-hybridized carbons (Fsp3) is 0.789. The molecule has 3 atom stereocenters. The van der Waals surface area contributed by atoms with Gasteiger partial charge >= 0.3 is 0 Å². The van der Waals surface area contributed by atoms with Gasteiger partial charge in [0.1, 0.15) is 5.76 Å². The Labute approximate surface area is 172 Å². The average Bonchev–Trinajstić information content (AvgIpc) is 3.34. The molecule has 0 spiro atoms. The first-order valence-corrected chi connectivity index (χ1v) is 12.2. The summed E-state index contributed by atoms with van der Waals surface area (Å²) in [6, 6.07) is 1.66. The predicted octanol–water partition coefficient (Wildman–Crippen LogP) is 0.416. The summed E-state index contributed by atoms with van der Waals surface area (Å²) in [6.45, 7) is 2.01. The Balaban J connectivity index is 1.30. The molecule has 2 bridgehead atoms. The molecule has 10 heteroatoms. The number of hydrogen-bond donors (Lipinski definition) is 3. The summed E-state index contributed by atoms with van der Waals surface area (Å²) < 4.78 is 32.7. The van der Waals surface area contributed by atoms with Crippen LogP contribution < -0.4 is 16.0 Å². The molecule has 2 aliphatic heterocycles. The molecule has 4 rings (SSSR count). The maximum absolute atomic E-state index is 12.9. The first kappa shape index (κ1) is 20.8. The van der Waals surface area contributed by atoms with Crippen LogP contribution >= 0.6 is 0 Å². The first-order chi connectivity index (χ1) is 14.0. The molecule has 29 heavy (non-hydrogen) atoms. The van der Waals surface area contributed by atoms with Crippen molar-refractivity contribution in [2.45, 2.75) is 62.6 Å². The zero-order valence-corrected chi connectivity index (χ0v) is 17.7. The van der Waals surface area contributed by atoms with Crippen molar-refractivity contribution in [3.05, 3.63) is 17.5 Å². The number of amides is 1. The van der Waals surface area contributed by atoms with E-state index >= 15 is 0 Å². The number of likely N-dealkylation sites (N-methyl/N-ethyl adjacent to an activating group) is 1. The van der Waals surface area contributed by atoms with Gasteiger partial charge in [0.25, 0.3) is 5.91 Å². The summed E-state index contributed by atoms with van der Waals surface area (Å²) in [6.07, 6.45) is 5.22. The van der Waals surface area contributed by atoms with Crippen molar-refractivity contribution in [1.29, 1.82) is 0 Å². The minimum atomic E-state index is -3.30. The lowest BCUT2D eigenvalue weighted by Gasteiger charge is -2.38. The fourth-order valence-electron chi connectivity index (χ4n) is 4.57. The number of rotatable bonds is 10. The Morgan fingerprint density at radius 3 is 2.55 bits per heavy atom. The Morgan fingerprint density at radius 2 is 1.90 bits per heavy atom. The van der Waals surface area contributed by atoms with Crippen molar-refractivity contribution in [1.82, 2.24) is 25.4 Å². The van der Waals surface area contributed by atoms with Crippen LogP contribution in [0.2, 0.25) is 0 Å². The quantitative estimate of drug-likeness (QED) is 0.465. The minimum Gasteiger partial charge on any atom is -0.360 e. The number of nitrogens with zero attached hydrogens (tertiary/aromatic N) is 2. The number of fused-ring (bicyclic) bond motifs is 2. The molecule has 162 valence electrons. The minimum absolute atomic E-state index is 0.0266. The van der Waals surface area contributed by atoms with Crippen LogP contribution in [0.4, 0.5) is 0 Å². The van der Waals surface area contributed by atoms with E-state index in [9.17, 15) is 13.2 Å². The van der Waals surface area contributed by atoms with Crippen molar-refractivity contribution in [2.75, 3.05) is 32.4 Å². The molecule has 1 aromatic rings. The van der Waals surface area contributed by atoms with Crippen LogP contribution in [0.15, 0.2) is 10.6 Å². The van der Waals surface area contributed by atoms with Crippen molar-refractivity contribution < 1.29 is 17.7 Å². The van der Waals surface area contributed by atoms with Crippen LogP contribution in [-0.2, 0) is 10.0 Å². The third kappa shape index (κ3) is 4.82. The number of nitrogens with one attached hydrogen (secondary N) is 3. The van der Waals surface area contributed by atoms with Gasteiger partial charge in [-0.1, -0.05) is 5.16 Å². The first-order valence-electron chi connectivity index (χ1n) is 10.6. The highest BCUT2D eigenvalue weighted by Crippen LogP contribution is 2.40. The Morgan fingerprint density at radius 1 is 1.17 bits per heavy atom. The molecule has 0 unspecified atom stereocenters. The van der Waals surface area contributed by atoms with Gasteiger partial charge in [-0.25, -0.2) is 8.42 Å². The SMILES string of the molecule is CNCCNCCS(=O)(=O)N1[C@@H]2CC[C@H]1C[C@@H](NC(=O)c1cc(C3CC3)on1)C2. The van der Waals surface area contributed by atoms with E-state index in [-0.39, 0.29) is 29.8 Å². The number of piperidine rings is 1. The lowest BCUT2D eigenvalue weighted by atomic mass is 9.99. The van der Waals surface area contributed by atoms with Gasteiger partial charge in [0.05, 0.1) is 5.75 Å². The third-order valence-electron chi connectivity index (χ3n) is 6.15. The lowest BCUT2D eigenvalue weighted by Crippen LogP contribution is -2.53. The maximum Gasteiger partial charge on any atom is 0.273 e. The van der Waals surface area contributed by atoms with Crippen LogP contribution in [0, 0.1) is 0 Å². The zero-order chi connectivity index (χ0) is 20.4. The van der Waals surface area contributed by atoms with E-state index in [2.05, 4.69) is 21.1 Å². The average molecular weight is 426 g/mol. The molecule has 3 N–H and O–H groups in total. The van der Waals surface area contributed by atoms with Gasteiger partial charge in [0, 0.05) is 49.7 Å². The van der Waals surface area contributed by atoms with Gasteiger partial charge in [-0.15, -0.1) is 0 Å². The maximum atomic E-state index is 12.9. The monoisotopic (exact) mass is 425 g/mol. The van der Waals surface area contributed by atoms with E-state index in [4.69, 9.17) is 4.52 Å². The number of carbonyl (C=O) groups is 1. The van der Waals surface area contributed by atoms with Gasteiger partial charge in [-0.3, -0.25) is 4.79 Å². The molecule has 3 fully saturated rings. The summed E-state index contributed by atoms with van der Waals surface area (Å²) in [5.74, 6) is 1.10. The van der Waals surface area contributed by atoms with E-state index in [1.807, 2.05) is 7.05 Å². The molecule has 1 aliphatic carbocycles. The summed E-state index contributed by atoms with van der Waals surface area (Å²) in [7, 11) is -1.43. The predicted molar refractivity (Wildman–Crippen MR) is 108 cm³/mol. The van der Waals surface area contributed by atoms with Gasteiger partial charge in [0.2, 0.25) is 10.0 Å². The van der Waals surface area contributed by atoms with E-state index in [1.165, 1.54) is 0 Å². The Kier molecular flexibility index (Phi) is 6.24.